The Balaban J connectivity index is 2.18. The number of aromatic nitrogens is 4. The van der Waals surface area contributed by atoms with E-state index in [4.69, 9.17) is 0 Å². The van der Waals surface area contributed by atoms with Crippen molar-refractivity contribution in [2.24, 2.45) is 14.1 Å². The van der Waals surface area contributed by atoms with Crippen molar-refractivity contribution in [3.63, 3.8) is 0 Å². The molecule has 0 amide bonds. The molecule has 0 saturated carbocycles. The van der Waals surface area contributed by atoms with Gasteiger partial charge in [0.15, 0.2) is 0 Å². The van der Waals surface area contributed by atoms with Crippen LogP contribution in [0.1, 0.15) is 18.2 Å². The summed E-state index contributed by atoms with van der Waals surface area (Å²) >= 11 is 0. The molecular formula is C11H16N6O2. The van der Waals surface area contributed by atoms with E-state index in [0.29, 0.717) is 12.4 Å². The zero-order valence-electron chi connectivity index (χ0n) is 11.1. The number of nitrogens with zero attached hydrogens (tertiary/aromatic N) is 5. The van der Waals surface area contributed by atoms with Crippen LogP contribution in [0.25, 0.3) is 0 Å². The van der Waals surface area contributed by atoms with E-state index in [0.717, 1.165) is 17.7 Å². The Morgan fingerprint density at radius 3 is 2.84 bits per heavy atom. The van der Waals surface area contributed by atoms with E-state index in [1.54, 1.807) is 16.3 Å². The van der Waals surface area contributed by atoms with Crippen LogP contribution in [0, 0.1) is 10.1 Å². The highest BCUT2D eigenvalue weighted by Gasteiger charge is 2.20. The molecule has 2 aromatic heterocycles. The smallest absolute Gasteiger partial charge is 0.360 e. The summed E-state index contributed by atoms with van der Waals surface area (Å²) in [5.74, 6) is 0.236. The van der Waals surface area contributed by atoms with Crippen molar-refractivity contribution >= 4 is 11.6 Å². The van der Waals surface area contributed by atoms with Crippen molar-refractivity contribution in [3.8, 4) is 0 Å². The molecule has 0 saturated heterocycles. The van der Waals surface area contributed by atoms with Gasteiger partial charge in [0.1, 0.15) is 0 Å². The van der Waals surface area contributed by atoms with Gasteiger partial charge in [-0.05, 0) is 16.3 Å². The third kappa shape index (κ3) is 2.56. The number of nitrogens with one attached hydrogen (secondary N) is 1. The lowest BCUT2D eigenvalue weighted by atomic mass is 10.2. The molecule has 0 aliphatic rings. The van der Waals surface area contributed by atoms with Crippen molar-refractivity contribution in [3.05, 3.63) is 33.9 Å². The molecule has 1 N–H and O–H groups in total. The zero-order valence-corrected chi connectivity index (χ0v) is 11.1. The summed E-state index contributed by atoms with van der Waals surface area (Å²) in [6, 6.07) is 0. The Kier molecular flexibility index (Phi) is 3.50. The van der Waals surface area contributed by atoms with Gasteiger partial charge in [0, 0.05) is 32.4 Å². The van der Waals surface area contributed by atoms with Crippen LogP contribution in [0.4, 0.5) is 11.6 Å². The second-order valence-electron chi connectivity index (χ2n) is 4.27. The minimum atomic E-state index is -0.494. The minimum Gasteiger partial charge on any atom is -0.360 e. The lowest BCUT2D eigenvalue weighted by molar-refractivity contribution is -0.388. The molecule has 0 aliphatic heterocycles. The molecule has 0 atom stereocenters. The predicted octanol–water partition coefficient (Wildman–Crippen LogP) is 1.24. The van der Waals surface area contributed by atoms with Gasteiger partial charge in [-0.25, -0.2) is 0 Å². The van der Waals surface area contributed by atoms with Crippen molar-refractivity contribution in [1.82, 2.24) is 19.3 Å². The number of hydrogen-bond donors (Lipinski definition) is 1. The molecule has 2 aromatic rings. The van der Waals surface area contributed by atoms with Crippen LogP contribution < -0.4 is 5.32 Å². The zero-order chi connectivity index (χ0) is 14.0. The SMILES string of the molecule is CCc1nn(C)cc1CNc1c([N+](=O)[O-])ncn1C. The fourth-order valence-corrected chi connectivity index (χ4v) is 1.96. The Morgan fingerprint density at radius 1 is 1.47 bits per heavy atom. The summed E-state index contributed by atoms with van der Waals surface area (Å²) in [4.78, 5) is 14.1. The predicted molar refractivity (Wildman–Crippen MR) is 69.8 cm³/mol. The van der Waals surface area contributed by atoms with Gasteiger partial charge in [-0.15, -0.1) is 0 Å². The van der Waals surface area contributed by atoms with Gasteiger partial charge in [0.2, 0.25) is 12.1 Å². The summed E-state index contributed by atoms with van der Waals surface area (Å²) < 4.78 is 3.34. The summed E-state index contributed by atoms with van der Waals surface area (Å²) in [6.07, 6.45) is 4.16. The van der Waals surface area contributed by atoms with E-state index in [-0.39, 0.29) is 5.82 Å². The summed E-state index contributed by atoms with van der Waals surface area (Å²) in [5.41, 5.74) is 2.01. The highest BCUT2D eigenvalue weighted by Crippen LogP contribution is 2.22. The Morgan fingerprint density at radius 2 is 2.21 bits per heavy atom. The molecule has 0 bridgehead atoms. The van der Waals surface area contributed by atoms with Crippen LogP contribution in [0.5, 0.6) is 0 Å². The van der Waals surface area contributed by atoms with E-state index < -0.39 is 4.92 Å². The van der Waals surface area contributed by atoms with Crippen LogP contribution in [0.3, 0.4) is 0 Å². The minimum absolute atomic E-state index is 0.163. The maximum absolute atomic E-state index is 10.8. The van der Waals surface area contributed by atoms with Crippen LogP contribution in [0.2, 0.25) is 0 Å². The van der Waals surface area contributed by atoms with Crippen LogP contribution in [-0.4, -0.2) is 24.3 Å². The third-order valence-corrected chi connectivity index (χ3v) is 2.86. The van der Waals surface area contributed by atoms with E-state index in [9.17, 15) is 10.1 Å². The lowest BCUT2D eigenvalue weighted by Crippen LogP contribution is -2.06. The number of imidazole rings is 1. The number of hydrogen-bond acceptors (Lipinski definition) is 5. The number of nitro groups is 1. The monoisotopic (exact) mass is 264 g/mol. The summed E-state index contributed by atoms with van der Waals surface area (Å²) in [5, 5.41) is 18.2. The van der Waals surface area contributed by atoms with Gasteiger partial charge in [-0.2, -0.15) is 5.10 Å². The average Bonchev–Trinajstić information content (AvgIpc) is 2.89. The first-order valence-electron chi connectivity index (χ1n) is 5.94. The summed E-state index contributed by atoms with van der Waals surface area (Å²) in [7, 11) is 3.57. The highest BCUT2D eigenvalue weighted by molar-refractivity contribution is 5.52. The molecule has 2 heterocycles. The normalized spacial score (nSPS) is 10.7. The molecule has 102 valence electrons. The molecule has 0 spiro atoms. The van der Waals surface area contributed by atoms with E-state index >= 15 is 0 Å². The van der Waals surface area contributed by atoms with E-state index in [2.05, 4.69) is 15.4 Å². The second-order valence-corrected chi connectivity index (χ2v) is 4.27. The Labute approximate surface area is 110 Å². The molecule has 0 aromatic carbocycles. The standard InChI is InChI=1S/C11H16N6O2/c1-4-9-8(6-16(3)14-9)5-12-10-11(17(18)19)13-7-15(10)2/h6-7,12H,4-5H2,1-3H3. The first-order valence-corrected chi connectivity index (χ1v) is 5.94. The number of anilines is 1. The topological polar surface area (TPSA) is 90.8 Å². The van der Waals surface area contributed by atoms with Crippen LogP contribution >= 0.6 is 0 Å². The molecular weight excluding hydrogens is 248 g/mol. The fourth-order valence-electron chi connectivity index (χ4n) is 1.96. The van der Waals surface area contributed by atoms with E-state index in [1.807, 2.05) is 20.2 Å². The van der Waals surface area contributed by atoms with Gasteiger partial charge in [0.25, 0.3) is 0 Å². The largest absolute Gasteiger partial charge is 0.406 e. The van der Waals surface area contributed by atoms with Crippen molar-refractivity contribution in [2.45, 2.75) is 19.9 Å². The first-order chi connectivity index (χ1) is 9.02. The van der Waals surface area contributed by atoms with Gasteiger partial charge in [0.05, 0.1) is 5.69 Å². The Bertz CT molecular complexity index is 600. The lowest BCUT2D eigenvalue weighted by Gasteiger charge is -2.05. The van der Waals surface area contributed by atoms with Gasteiger partial charge >= 0.3 is 5.82 Å². The first kappa shape index (κ1) is 13.1. The number of aryl methyl sites for hydroxylation is 3. The molecule has 8 nitrogen and oxygen atoms in total. The van der Waals surface area contributed by atoms with Crippen molar-refractivity contribution in [1.29, 1.82) is 0 Å². The highest BCUT2D eigenvalue weighted by atomic mass is 16.6. The summed E-state index contributed by atoms with van der Waals surface area (Å²) in [6.45, 7) is 2.51. The van der Waals surface area contributed by atoms with Crippen LogP contribution in [0.15, 0.2) is 12.5 Å². The van der Waals surface area contributed by atoms with Crippen molar-refractivity contribution in [2.75, 3.05) is 5.32 Å². The molecule has 0 radical (unpaired) electrons. The molecule has 2 rings (SSSR count). The van der Waals surface area contributed by atoms with Crippen LogP contribution in [-0.2, 0) is 27.1 Å². The second kappa shape index (κ2) is 5.09. The maximum Gasteiger partial charge on any atom is 0.406 e. The van der Waals surface area contributed by atoms with Crippen molar-refractivity contribution < 1.29 is 4.92 Å². The fraction of sp³-hybridized carbons (Fsp3) is 0.455. The average molecular weight is 264 g/mol. The molecule has 19 heavy (non-hydrogen) atoms. The Hall–Kier alpha value is -2.38. The number of rotatable bonds is 5. The van der Waals surface area contributed by atoms with Gasteiger partial charge in [-0.1, -0.05) is 6.92 Å². The molecule has 0 unspecified atom stereocenters. The van der Waals surface area contributed by atoms with Gasteiger partial charge < -0.3 is 15.4 Å². The molecule has 0 fully saturated rings. The van der Waals surface area contributed by atoms with E-state index in [1.165, 1.54) is 6.33 Å². The molecule has 8 heteroatoms. The van der Waals surface area contributed by atoms with Gasteiger partial charge in [-0.3, -0.25) is 9.25 Å². The maximum atomic E-state index is 10.8. The quantitative estimate of drug-likeness (QED) is 0.648. The molecule has 0 aliphatic carbocycles. The third-order valence-electron chi connectivity index (χ3n) is 2.86.